The second-order valence-corrected chi connectivity index (χ2v) is 10.5. The molecule has 0 saturated heterocycles. The van der Waals surface area contributed by atoms with Crippen LogP contribution >= 0.6 is 32.9 Å². The summed E-state index contributed by atoms with van der Waals surface area (Å²) in [6, 6.07) is 6.40. The summed E-state index contributed by atoms with van der Waals surface area (Å²) in [5, 5.41) is 0. The molecule has 0 radical (unpaired) electrons. The molecule has 1 aliphatic heterocycles. The van der Waals surface area contributed by atoms with Crippen molar-refractivity contribution >= 4 is 44.5 Å². The number of benzene rings is 1. The third-order valence-electron chi connectivity index (χ3n) is 5.25. The number of aryl methyl sites for hydroxylation is 1. The Morgan fingerprint density at radius 2 is 1.85 bits per heavy atom. The van der Waals surface area contributed by atoms with Crippen molar-refractivity contribution in [3.63, 3.8) is 0 Å². The monoisotopic (exact) mass is 405 g/mol. The molecule has 0 atom stereocenters. The third kappa shape index (κ3) is 3.19. The summed E-state index contributed by atoms with van der Waals surface area (Å²) in [4.78, 5) is 17.0. The Hall–Kier alpha value is -1.04. The highest BCUT2D eigenvalue weighted by molar-refractivity contribution is 7.80. The number of carbonyl (C=O) groups excluding carboxylic acids is 1. The minimum absolute atomic E-state index is 0.0894. The molecule has 3 rings (SSSR count). The lowest BCUT2D eigenvalue weighted by atomic mass is 9.84. The van der Waals surface area contributed by atoms with E-state index >= 15 is 0 Å². The molecule has 1 aliphatic rings. The molecule has 0 saturated carbocycles. The van der Waals surface area contributed by atoms with Crippen molar-refractivity contribution in [3.8, 4) is 11.1 Å². The van der Waals surface area contributed by atoms with Crippen LogP contribution in [0.3, 0.4) is 0 Å². The Morgan fingerprint density at radius 1 is 1.19 bits per heavy atom. The number of rotatable bonds is 5. The van der Waals surface area contributed by atoms with Crippen molar-refractivity contribution in [2.24, 2.45) is 5.92 Å². The standard InChI is InChI=1S/C21H27NOS3/c1-6-8-14(9-7-2)19(23)22-16-11-10-13(3)12-15(16)17-18(21(22,4)5)25-26-20(17)24/h10-12,14H,6-9H2,1-5H3. The highest BCUT2D eigenvalue weighted by atomic mass is 32.9. The van der Waals surface area contributed by atoms with Gasteiger partial charge < -0.3 is 4.90 Å². The topological polar surface area (TPSA) is 20.3 Å². The molecule has 2 aromatic rings. The second-order valence-electron chi connectivity index (χ2n) is 7.69. The Balaban J connectivity index is 2.20. The Labute approximate surface area is 169 Å². The summed E-state index contributed by atoms with van der Waals surface area (Å²) in [6.07, 6.45) is 3.97. The molecule has 0 spiro atoms. The van der Waals surface area contributed by atoms with Gasteiger partial charge >= 0.3 is 0 Å². The fraction of sp³-hybridized carbons (Fsp3) is 0.524. The van der Waals surface area contributed by atoms with Crippen LogP contribution in [0.1, 0.15) is 63.8 Å². The van der Waals surface area contributed by atoms with Crippen LogP contribution in [0, 0.1) is 16.7 Å². The highest BCUT2D eigenvalue weighted by Gasteiger charge is 2.44. The van der Waals surface area contributed by atoms with Crippen molar-refractivity contribution < 1.29 is 4.79 Å². The minimum atomic E-state index is -0.368. The SMILES string of the molecule is CCCC(CCC)C(=O)N1c2ccc(C)cc2-c2c(ssc2=S)C1(C)C. The van der Waals surface area contributed by atoms with Gasteiger partial charge in [-0.15, -0.1) is 0 Å². The van der Waals surface area contributed by atoms with E-state index in [1.54, 1.807) is 20.7 Å². The van der Waals surface area contributed by atoms with E-state index in [-0.39, 0.29) is 17.4 Å². The van der Waals surface area contributed by atoms with E-state index in [2.05, 4.69) is 57.7 Å². The fourth-order valence-corrected chi connectivity index (χ4v) is 7.29. The smallest absolute Gasteiger partial charge is 0.230 e. The van der Waals surface area contributed by atoms with Crippen LogP contribution < -0.4 is 4.90 Å². The molecule has 1 aromatic carbocycles. The molecular formula is C21H27NOS3. The molecule has 2 nitrogen and oxygen atoms in total. The van der Waals surface area contributed by atoms with Crippen molar-refractivity contribution in [2.75, 3.05) is 4.90 Å². The number of carbonyl (C=O) groups is 1. The van der Waals surface area contributed by atoms with Crippen molar-refractivity contribution in [2.45, 2.75) is 65.8 Å². The average molecular weight is 406 g/mol. The van der Waals surface area contributed by atoms with Gasteiger partial charge in [-0.3, -0.25) is 4.79 Å². The van der Waals surface area contributed by atoms with Gasteiger partial charge in [0.1, 0.15) is 3.82 Å². The Bertz CT molecular complexity index is 872. The van der Waals surface area contributed by atoms with Gasteiger partial charge in [0.05, 0.1) is 16.1 Å². The number of amides is 1. The quantitative estimate of drug-likeness (QED) is 0.384. The lowest BCUT2D eigenvalue weighted by Crippen LogP contribution is -2.50. The maximum Gasteiger partial charge on any atom is 0.230 e. The van der Waals surface area contributed by atoms with Crippen molar-refractivity contribution in [1.82, 2.24) is 0 Å². The van der Waals surface area contributed by atoms with E-state index in [1.807, 2.05) is 0 Å². The first-order valence-corrected chi connectivity index (χ1v) is 12.0. The van der Waals surface area contributed by atoms with Gasteiger partial charge in [-0.2, -0.15) is 0 Å². The number of anilines is 1. The predicted molar refractivity (Wildman–Crippen MR) is 117 cm³/mol. The Kier molecular flexibility index (Phi) is 5.71. The molecule has 5 heteroatoms. The number of fused-ring (bicyclic) bond motifs is 3. The van der Waals surface area contributed by atoms with Gasteiger partial charge in [0, 0.05) is 17.0 Å². The first kappa shape index (κ1) is 19.7. The zero-order valence-corrected chi connectivity index (χ0v) is 18.7. The van der Waals surface area contributed by atoms with Crippen LogP contribution in [0.25, 0.3) is 11.1 Å². The molecule has 0 N–H and O–H groups in total. The molecular weight excluding hydrogens is 378 g/mol. The first-order chi connectivity index (χ1) is 12.3. The maximum atomic E-state index is 13.7. The lowest BCUT2D eigenvalue weighted by Gasteiger charge is -2.44. The van der Waals surface area contributed by atoms with E-state index in [0.29, 0.717) is 0 Å². The second kappa shape index (κ2) is 7.53. The molecule has 26 heavy (non-hydrogen) atoms. The molecule has 140 valence electrons. The first-order valence-electron chi connectivity index (χ1n) is 9.41. The molecule has 0 fully saturated rings. The minimum Gasteiger partial charge on any atom is -0.301 e. The number of hydrogen-bond acceptors (Lipinski definition) is 4. The van der Waals surface area contributed by atoms with Crippen LogP contribution in [-0.2, 0) is 10.3 Å². The van der Waals surface area contributed by atoms with Gasteiger partial charge in [0.2, 0.25) is 5.91 Å². The van der Waals surface area contributed by atoms with Crippen LogP contribution in [0.2, 0.25) is 0 Å². The molecule has 0 unspecified atom stereocenters. The van der Waals surface area contributed by atoms with Gasteiger partial charge in [0.15, 0.2) is 0 Å². The number of hydrogen-bond donors (Lipinski definition) is 0. The van der Waals surface area contributed by atoms with E-state index in [9.17, 15) is 4.79 Å². The van der Waals surface area contributed by atoms with E-state index in [0.717, 1.165) is 40.8 Å². The van der Waals surface area contributed by atoms with Crippen LogP contribution in [0.4, 0.5) is 5.69 Å². The van der Waals surface area contributed by atoms with Gasteiger partial charge in [0.25, 0.3) is 0 Å². The fourth-order valence-electron chi connectivity index (χ4n) is 4.01. The summed E-state index contributed by atoms with van der Waals surface area (Å²) in [5.41, 5.74) is 4.15. The lowest BCUT2D eigenvalue weighted by molar-refractivity contribution is -0.124. The van der Waals surface area contributed by atoms with E-state index < -0.39 is 0 Å². The summed E-state index contributed by atoms with van der Waals surface area (Å²) >= 11 is 5.66. The van der Waals surface area contributed by atoms with E-state index in [1.165, 1.54) is 16.0 Å². The number of nitrogens with zero attached hydrogens (tertiary/aromatic N) is 1. The molecule has 1 amide bonds. The summed E-state index contributed by atoms with van der Waals surface area (Å²) in [5.74, 6) is 0.352. The molecule has 0 bridgehead atoms. The molecule has 2 heterocycles. The largest absolute Gasteiger partial charge is 0.301 e. The summed E-state index contributed by atoms with van der Waals surface area (Å²) in [7, 11) is 3.38. The van der Waals surface area contributed by atoms with Gasteiger partial charge in [-0.1, -0.05) is 71.2 Å². The van der Waals surface area contributed by atoms with Crippen molar-refractivity contribution in [1.29, 1.82) is 0 Å². The van der Waals surface area contributed by atoms with Gasteiger partial charge in [-0.05, 0) is 45.7 Å². The zero-order chi connectivity index (χ0) is 19.1. The summed E-state index contributed by atoms with van der Waals surface area (Å²) in [6.45, 7) is 10.8. The normalized spacial score (nSPS) is 15.1. The predicted octanol–water partition coefficient (Wildman–Crippen LogP) is 7.31. The maximum absolute atomic E-state index is 13.7. The van der Waals surface area contributed by atoms with Gasteiger partial charge in [-0.25, -0.2) is 0 Å². The molecule has 0 aliphatic carbocycles. The summed E-state index contributed by atoms with van der Waals surface area (Å²) < 4.78 is 0.940. The van der Waals surface area contributed by atoms with Crippen molar-refractivity contribution in [3.05, 3.63) is 32.5 Å². The molecule has 1 aromatic heterocycles. The zero-order valence-electron chi connectivity index (χ0n) is 16.2. The highest BCUT2D eigenvalue weighted by Crippen LogP contribution is 2.52. The Morgan fingerprint density at radius 3 is 2.46 bits per heavy atom. The van der Waals surface area contributed by atoms with Crippen LogP contribution in [-0.4, -0.2) is 5.91 Å². The average Bonchev–Trinajstić information content (AvgIpc) is 2.98. The van der Waals surface area contributed by atoms with E-state index in [4.69, 9.17) is 12.2 Å². The third-order valence-corrected chi connectivity index (χ3v) is 8.58. The van der Waals surface area contributed by atoms with Crippen LogP contribution in [0.15, 0.2) is 18.2 Å². The van der Waals surface area contributed by atoms with Crippen LogP contribution in [0.5, 0.6) is 0 Å².